The van der Waals surface area contributed by atoms with Crippen molar-refractivity contribution in [2.24, 2.45) is 17.8 Å². The molecule has 0 spiro atoms. The van der Waals surface area contributed by atoms with Crippen molar-refractivity contribution in [3.8, 4) is 0 Å². The Kier molecular flexibility index (Phi) is 27.2. The van der Waals surface area contributed by atoms with Gasteiger partial charge in [0, 0.05) is 12.5 Å². The van der Waals surface area contributed by atoms with E-state index in [0.717, 1.165) is 24.8 Å². The lowest BCUT2D eigenvalue weighted by molar-refractivity contribution is -0.161. The van der Waals surface area contributed by atoms with Crippen molar-refractivity contribution >= 4 is 32.2 Å². The number of hydrogen-bond acceptors (Lipinski definition) is 9. The van der Waals surface area contributed by atoms with Gasteiger partial charge in [-0.2, -0.15) is 0 Å². The third-order valence-corrected chi connectivity index (χ3v) is 16.6. The number of hydrogen-bond donors (Lipinski definition) is 4. The molecular weight excluding hydrogens is 815 g/mol. The summed E-state index contributed by atoms with van der Waals surface area (Å²) >= 11 is 0. The van der Waals surface area contributed by atoms with Crippen molar-refractivity contribution in [2.45, 2.75) is 227 Å². The molecule has 1 aromatic carbocycles. The number of unbranched alkanes of at least 4 members (excludes halogenated alkanes) is 11. The van der Waals surface area contributed by atoms with Gasteiger partial charge in [-0.1, -0.05) is 163 Å². The molecule has 0 saturated heterocycles. The Morgan fingerprint density at radius 3 is 1.70 bits per heavy atom. The Labute approximate surface area is 384 Å². The van der Waals surface area contributed by atoms with Crippen LogP contribution >= 0.6 is 0 Å². The number of rotatable bonds is 31. The molecule has 0 unspecified atom stereocenters. The molecule has 13 heteroatoms. The predicted molar refractivity (Wildman–Crippen MR) is 257 cm³/mol. The van der Waals surface area contributed by atoms with E-state index in [-0.39, 0.29) is 36.0 Å². The van der Waals surface area contributed by atoms with Gasteiger partial charge in [-0.25, -0.2) is 9.59 Å². The van der Waals surface area contributed by atoms with Gasteiger partial charge >= 0.3 is 12.1 Å². The SMILES string of the molecule is CCCCCCCCCCCCCC[C@H](C)[C@@H](OC(=O)[C@H](COCc1ccccc1)NC(=O)[C@@H](NC(=O)[C@@H](NC(=O)OC(C)(C)C)C(C)C)[C@@H](C)O)[C@@H](C)CO[Si](C)(C)C(C)(C)C. The molecule has 364 valence electrons. The second-order valence-electron chi connectivity index (χ2n) is 20.8. The highest BCUT2D eigenvalue weighted by atomic mass is 28.4. The maximum Gasteiger partial charge on any atom is 0.408 e. The van der Waals surface area contributed by atoms with Gasteiger partial charge < -0.3 is 39.7 Å². The molecule has 0 aliphatic heterocycles. The van der Waals surface area contributed by atoms with Crippen LogP contribution in [0.1, 0.15) is 172 Å². The summed E-state index contributed by atoms with van der Waals surface area (Å²) in [7, 11) is -2.12. The van der Waals surface area contributed by atoms with Gasteiger partial charge in [0.15, 0.2) is 14.4 Å². The molecule has 0 saturated carbocycles. The molecule has 7 atom stereocenters. The summed E-state index contributed by atoms with van der Waals surface area (Å²) < 4.78 is 24.4. The first-order chi connectivity index (χ1) is 29.4. The molecule has 12 nitrogen and oxygen atoms in total. The number of nitrogens with one attached hydrogen (secondary N) is 3. The van der Waals surface area contributed by atoms with Crippen LogP contribution in [-0.4, -0.2) is 86.4 Å². The van der Waals surface area contributed by atoms with E-state index < -0.39 is 68.1 Å². The van der Waals surface area contributed by atoms with Gasteiger partial charge in [0.1, 0.15) is 23.8 Å². The van der Waals surface area contributed by atoms with Crippen LogP contribution in [-0.2, 0) is 39.6 Å². The van der Waals surface area contributed by atoms with Gasteiger partial charge in [-0.15, -0.1) is 0 Å². The Morgan fingerprint density at radius 2 is 1.21 bits per heavy atom. The van der Waals surface area contributed by atoms with Gasteiger partial charge in [-0.3, -0.25) is 9.59 Å². The maximum absolute atomic E-state index is 14.4. The number of aliphatic hydroxyl groups excluding tert-OH is 1. The van der Waals surface area contributed by atoms with Crippen molar-refractivity contribution in [2.75, 3.05) is 13.2 Å². The summed E-state index contributed by atoms with van der Waals surface area (Å²) in [4.78, 5) is 54.6. The number of carbonyl (C=O) groups excluding carboxylic acids is 4. The second-order valence-corrected chi connectivity index (χ2v) is 25.6. The summed E-state index contributed by atoms with van der Waals surface area (Å²) in [6.45, 7) is 27.8. The normalized spacial score (nSPS) is 15.7. The highest BCUT2D eigenvalue weighted by Gasteiger charge is 2.40. The Morgan fingerprint density at radius 1 is 0.683 bits per heavy atom. The van der Waals surface area contributed by atoms with Crippen molar-refractivity contribution in [1.29, 1.82) is 0 Å². The second kappa shape index (κ2) is 29.5. The van der Waals surface area contributed by atoms with Crippen LogP contribution in [0.25, 0.3) is 0 Å². The minimum Gasteiger partial charge on any atom is -0.460 e. The first-order valence-corrected chi connectivity index (χ1v) is 27.0. The minimum atomic E-state index is -2.12. The van der Waals surface area contributed by atoms with E-state index >= 15 is 0 Å². The fraction of sp³-hybridized carbons (Fsp3) is 0.800. The van der Waals surface area contributed by atoms with Crippen molar-refractivity contribution in [3.05, 3.63) is 35.9 Å². The molecule has 0 radical (unpaired) electrons. The lowest BCUT2D eigenvalue weighted by Crippen LogP contribution is -2.60. The number of benzene rings is 1. The van der Waals surface area contributed by atoms with Crippen LogP contribution in [0.5, 0.6) is 0 Å². The lowest BCUT2D eigenvalue weighted by atomic mass is 9.89. The molecule has 1 aromatic rings. The molecule has 0 heterocycles. The summed E-state index contributed by atoms with van der Waals surface area (Å²) in [6.07, 6.45) is 13.3. The van der Waals surface area contributed by atoms with Crippen LogP contribution < -0.4 is 16.0 Å². The van der Waals surface area contributed by atoms with E-state index in [1.165, 1.54) is 71.1 Å². The van der Waals surface area contributed by atoms with Crippen LogP contribution in [0.4, 0.5) is 4.79 Å². The lowest BCUT2D eigenvalue weighted by Gasteiger charge is -2.38. The minimum absolute atomic E-state index is 0.00180. The number of aliphatic hydroxyl groups is 1. The highest BCUT2D eigenvalue weighted by Crippen LogP contribution is 2.37. The average Bonchev–Trinajstić information content (AvgIpc) is 3.18. The van der Waals surface area contributed by atoms with Gasteiger partial charge in [0.2, 0.25) is 11.8 Å². The first-order valence-electron chi connectivity index (χ1n) is 24.1. The Balaban J connectivity index is 3.26. The molecule has 0 aliphatic carbocycles. The number of amides is 3. The summed E-state index contributed by atoms with van der Waals surface area (Å²) in [5, 5.41) is 18.7. The number of ether oxygens (including phenoxy) is 3. The summed E-state index contributed by atoms with van der Waals surface area (Å²) in [6, 6.07) is 5.66. The number of carbonyl (C=O) groups is 4. The summed E-state index contributed by atoms with van der Waals surface area (Å²) in [5.41, 5.74) is 0.0855. The van der Waals surface area contributed by atoms with Crippen LogP contribution in [0.15, 0.2) is 30.3 Å². The number of esters is 1. The molecule has 0 aromatic heterocycles. The van der Waals surface area contributed by atoms with Crippen LogP contribution in [0.2, 0.25) is 18.1 Å². The first kappa shape index (κ1) is 58.0. The molecule has 1 rings (SSSR count). The third-order valence-electron chi connectivity index (χ3n) is 12.1. The van der Waals surface area contributed by atoms with E-state index in [2.05, 4.69) is 70.6 Å². The quantitative estimate of drug-likeness (QED) is 0.0323. The Bertz CT molecular complexity index is 1440. The Hall–Kier alpha value is -3.00. The van der Waals surface area contributed by atoms with Gasteiger partial charge in [0.05, 0.1) is 19.3 Å². The molecule has 0 aliphatic rings. The van der Waals surface area contributed by atoms with Crippen LogP contribution in [0, 0.1) is 17.8 Å². The van der Waals surface area contributed by atoms with Crippen molar-refractivity contribution < 1.29 is 42.9 Å². The fourth-order valence-corrected chi connectivity index (χ4v) is 8.16. The van der Waals surface area contributed by atoms with E-state index in [0.29, 0.717) is 6.61 Å². The standard InChI is InChI=1S/C50H91N3O9Si/c1-15-16-17-18-19-20-21-22-23-24-25-27-30-37(4)44(38(5)33-60-63(13,14)50(10,11)12)61-47(57)41(35-59-34-40-31-28-26-29-32-40)51-46(56)43(39(6)54)52-45(55)42(36(2)3)53-48(58)62-49(7,8)9/h26,28-29,31-32,36-39,41-44,54H,15-25,27,30,33-35H2,1-14H3,(H,51,56)(H,52,55)(H,53,58)/t37-,38-,39+,41-,42-,43-,44+/m0/s1. The average molecular weight is 906 g/mol. The van der Waals surface area contributed by atoms with Crippen molar-refractivity contribution in [1.82, 2.24) is 16.0 Å². The van der Waals surface area contributed by atoms with E-state index in [9.17, 15) is 24.3 Å². The zero-order valence-electron chi connectivity index (χ0n) is 42.0. The molecule has 0 bridgehead atoms. The topological polar surface area (TPSA) is 162 Å². The maximum atomic E-state index is 14.4. The zero-order valence-corrected chi connectivity index (χ0v) is 43.0. The van der Waals surface area contributed by atoms with Gasteiger partial charge in [0.25, 0.3) is 0 Å². The molecule has 4 N–H and O–H groups in total. The smallest absolute Gasteiger partial charge is 0.408 e. The van der Waals surface area contributed by atoms with Gasteiger partial charge in [-0.05, 0) is 69.6 Å². The largest absolute Gasteiger partial charge is 0.460 e. The van der Waals surface area contributed by atoms with Crippen LogP contribution in [0.3, 0.4) is 0 Å². The van der Waals surface area contributed by atoms with E-state index in [1.54, 1.807) is 34.6 Å². The predicted octanol–water partition coefficient (Wildman–Crippen LogP) is 10.4. The monoisotopic (exact) mass is 906 g/mol. The molecule has 63 heavy (non-hydrogen) atoms. The van der Waals surface area contributed by atoms with E-state index in [4.69, 9.17) is 18.6 Å². The molecule has 0 fully saturated rings. The zero-order chi connectivity index (χ0) is 47.8. The summed E-state index contributed by atoms with van der Waals surface area (Å²) in [5.74, 6) is -2.71. The highest BCUT2D eigenvalue weighted by molar-refractivity contribution is 6.74. The third kappa shape index (κ3) is 24.2. The molecule has 3 amide bonds. The number of alkyl carbamates (subject to hydrolysis) is 1. The van der Waals surface area contributed by atoms with E-state index in [1.807, 2.05) is 30.3 Å². The van der Waals surface area contributed by atoms with Crippen molar-refractivity contribution in [3.63, 3.8) is 0 Å². The fourth-order valence-electron chi connectivity index (χ4n) is 7.05. The molecular formula is C50H91N3O9Si.